The highest BCUT2D eigenvalue weighted by atomic mass is 15.4. The third-order valence-corrected chi connectivity index (χ3v) is 5.23. The number of hydrogen-bond acceptors (Lipinski definition) is 8. The summed E-state index contributed by atoms with van der Waals surface area (Å²) >= 11 is 0. The van der Waals surface area contributed by atoms with Crippen LogP contribution in [-0.4, -0.2) is 65.3 Å². The fourth-order valence-corrected chi connectivity index (χ4v) is 3.67. The number of aromatic nitrogens is 8. The van der Waals surface area contributed by atoms with Crippen molar-refractivity contribution in [1.82, 2.24) is 39.2 Å². The molecule has 0 aromatic carbocycles. The normalized spacial score (nSPS) is 15.2. The molecule has 5 rings (SSSR count). The van der Waals surface area contributed by atoms with E-state index in [-0.39, 0.29) is 0 Å². The summed E-state index contributed by atoms with van der Waals surface area (Å²) in [6, 6.07) is 0. The molecule has 0 aliphatic carbocycles. The Kier molecular flexibility index (Phi) is 3.46. The van der Waals surface area contributed by atoms with E-state index < -0.39 is 0 Å². The number of nitrogens with zero attached hydrogens (tertiary/aromatic N) is 10. The van der Waals surface area contributed by atoms with Crippen LogP contribution in [0.4, 0.5) is 11.6 Å². The van der Waals surface area contributed by atoms with E-state index in [0.29, 0.717) is 5.78 Å². The van der Waals surface area contributed by atoms with Crippen molar-refractivity contribution in [3.8, 4) is 0 Å². The Morgan fingerprint density at radius 2 is 1.70 bits per heavy atom. The number of piperazine rings is 1. The largest absolute Gasteiger partial charge is 0.353 e. The zero-order valence-corrected chi connectivity index (χ0v) is 15.5. The summed E-state index contributed by atoms with van der Waals surface area (Å²) in [6.07, 6.45) is 5.26. The van der Waals surface area contributed by atoms with E-state index in [9.17, 15) is 0 Å². The first-order chi connectivity index (χ1) is 13.1. The molecular weight excluding hydrogens is 344 g/mol. The van der Waals surface area contributed by atoms with Gasteiger partial charge in [0.2, 0.25) is 5.65 Å². The van der Waals surface area contributed by atoms with E-state index >= 15 is 0 Å². The van der Waals surface area contributed by atoms with E-state index in [1.807, 2.05) is 29.0 Å². The van der Waals surface area contributed by atoms with Crippen molar-refractivity contribution in [3.05, 3.63) is 35.8 Å². The van der Waals surface area contributed by atoms with Gasteiger partial charge in [-0.05, 0) is 20.8 Å². The van der Waals surface area contributed by atoms with Gasteiger partial charge in [0, 0.05) is 49.8 Å². The summed E-state index contributed by atoms with van der Waals surface area (Å²) in [5, 5.41) is 12.8. The molecule has 10 nitrogen and oxygen atoms in total. The average Bonchev–Trinajstić information content (AvgIpc) is 3.30. The quantitative estimate of drug-likeness (QED) is 0.516. The molecule has 0 radical (unpaired) electrons. The molecule has 5 heterocycles. The lowest BCUT2D eigenvalue weighted by Crippen LogP contribution is -2.48. The van der Waals surface area contributed by atoms with Gasteiger partial charge in [-0.2, -0.15) is 14.6 Å². The first-order valence-electron chi connectivity index (χ1n) is 8.96. The third kappa shape index (κ3) is 2.40. The number of anilines is 2. The fraction of sp³-hybridized carbons (Fsp3) is 0.412. The number of aryl methyl sites for hydroxylation is 2. The zero-order chi connectivity index (χ0) is 18.5. The van der Waals surface area contributed by atoms with Crippen LogP contribution in [-0.2, 0) is 0 Å². The van der Waals surface area contributed by atoms with Crippen molar-refractivity contribution in [2.75, 3.05) is 36.0 Å². The lowest BCUT2D eigenvalue weighted by molar-refractivity contribution is 0.631. The molecule has 0 saturated carbocycles. The smallest absolute Gasteiger partial charge is 0.254 e. The zero-order valence-electron chi connectivity index (χ0n) is 15.5. The maximum Gasteiger partial charge on any atom is 0.254 e. The Labute approximate surface area is 155 Å². The number of hydrogen-bond donors (Lipinski definition) is 0. The molecule has 10 heteroatoms. The minimum atomic E-state index is 0.640. The molecule has 4 aromatic heterocycles. The first-order valence-corrected chi connectivity index (χ1v) is 8.96. The van der Waals surface area contributed by atoms with Crippen LogP contribution in [0.2, 0.25) is 0 Å². The van der Waals surface area contributed by atoms with Crippen molar-refractivity contribution in [2.24, 2.45) is 0 Å². The van der Waals surface area contributed by atoms with Gasteiger partial charge in [0.1, 0.15) is 18.0 Å². The Morgan fingerprint density at radius 3 is 2.52 bits per heavy atom. The molecule has 27 heavy (non-hydrogen) atoms. The summed E-state index contributed by atoms with van der Waals surface area (Å²) in [5.41, 5.74) is 2.92. The van der Waals surface area contributed by atoms with E-state index in [1.54, 1.807) is 12.5 Å². The molecule has 4 aromatic rings. The first kappa shape index (κ1) is 15.9. The Balaban J connectivity index is 1.45. The van der Waals surface area contributed by atoms with Crippen molar-refractivity contribution in [2.45, 2.75) is 20.8 Å². The van der Waals surface area contributed by atoms with E-state index in [0.717, 1.165) is 60.5 Å². The topological polar surface area (TPSA) is 92.6 Å². The van der Waals surface area contributed by atoms with Crippen LogP contribution in [0.3, 0.4) is 0 Å². The van der Waals surface area contributed by atoms with Crippen molar-refractivity contribution in [1.29, 1.82) is 0 Å². The molecule has 138 valence electrons. The van der Waals surface area contributed by atoms with Gasteiger partial charge in [0.25, 0.3) is 5.78 Å². The van der Waals surface area contributed by atoms with E-state index in [1.165, 1.54) is 0 Å². The molecular formula is C17H20N10. The minimum Gasteiger partial charge on any atom is -0.353 e. The van der Waals surface area contributed by atoms with Crippen molar-refractivity contribution >= 4 is 23.1 Å². The summed E-state index contributed by atoms with van der Waals surface area (Å²) < 4.78 is 3.81. The van der Waals surface area contributed by atoms with Crippen LogP contribution in [0.1, 0.15) is 17.1 Å². The average molecular weight is 364 g/mol. The lowest BCUT2D eigenvalue weighted by Gasteiger charge is -2.37. The summed E-state index contributed by atoms with van der Waals surface area (Å²) in [4.78, 5) is 17.9. The SMILES string of the molecule is Cc1nc2ncnn2c(N2CCN(c3nccn4c(C)nnc34)CC2)c1C. The molecule has 1 saturated heterocycles. The highest BCUT2D eigenvalue weighted by Crippen LogP contribution is 2.25. The van der Waals surface area contributed by atoms with Crippen molar-refractivity contribution < 1.29 is 0 Å². The Morgan fingerprint density at radius 1 is 0.926 bits per heavy atom. The van der Waals surface area contributed by atoms with Crippen LogP contribution in [0, 0.1) is 20.8 Å². The van der Waals surface area contributed by atoms with Gasteiger partial charge in [0.15, 0.2) is 5.82 Å². The van der Waals surface area contributed by atoms with Crippen LogP contribution in [0.25, 0.3) is 11.4 Å². The molecule has 1 aliphatic rings. The van der Waals surface area contributed by atoms with Crippen LogP contribution in [0.15, 0.2) is 18.7 Å². The maximum absolute atomic E-state index is 4.56. The predicted molar refractivity (Wildman–Crippen MR) is 100 cm³/mol. The molecule has 0 spiro atoms. The third-order valence-electron chi connectivity index (χ3n) is 5.23. The van der Waals surface area contributed by atoms with Gasteiger partial charge >= 0.3 is 0 Å². The minimum absolute atomic E-state index is 0.640. The molecule has 0 atom stereocenters. The second-order valence-corrected chi connectivity index (χ2v) is 6.78. The number of fused-ring (bicyclic) bond motifs is 2. The Bertz CT molecular complexity index is 1140. The summed E-state index contributed by atoms with van der Waals surface area (Å²) in [6.45, 7) is 9.45. The van der Waals surface area contributed by atoms with Gasteiger partial charge in [-0.15, -0.1) is 10.2 Å². The van der Waals surface area contributed by atoms with E-state index in [4.69, 9.17) is 0 Å². The standard InChI is InChI=1S/C17H20N10/c1-11-12(2)21-17-19-10-20-27(17)16(11)25-8-6-24(7-9-25)14-15-23-22-13(3)26(15)5-4-18-14/h4-5,10H,6-9H2,1-3H3. The fourth-order valence-electron chi connectivity index (χ4n) is 3.67. The van der Waals surface area contributed by atoms with Crippen LogP contribution in [0.5, 0.6) is 0 Å². The molecule has 0 bridgehead atoms. The van der Waals surface area contributed by atoms with Crippen molar-refractivity contribution in [3.63, 3.8) is 0 Å². The highest BCUT2D eigenvalue weighted by Gasteiger charge is 2.25. The summed E-state index contributed by atoms with van der Waals surface area (Å²) in [5.74, 6) is 3.45. The molecule has 1 fully saturated rings. The van der Waals surface area contributed by atoms with Gasteiger partial charge in [-0.25, -0.2) is 9.97 Å². The van der Waals surface area contributed by atoms with Gasteiger partial charge in [0.05, 0.1) is 0 Å². The van der Waals surface area contributed by atoms with Crippen LogP contribution >= 0.6 is 0 Å². The molecule has 0 unspecified atom stereocenters. The number of rotatable bonds is 2. The van der Waals surface area contributed by atoms with Gasteiger partial charge in [-0.1, -0.05) is 0 Å². The second kappa shape index (κ2) is 5.86. The molecule has 1 aliphatic heterocycles. The van der Waals surface area contributed by atoms with Gasteiger partial charge < -0.3 is 9.80 Å². The van der Waals surface area contributed by atoms with Crippen LogP contribution < -0.4 is 9.80 Å². The lowest BCUT2D eigenvalue weighted by atomic mass is 10.2. The Hall–Kier alpha value is -3.30. The maximum atomic E-state index is 4.56. The second-order valence-electron chi connectivity index (χ2n) is 6.78. The molecule has 0 N–H and O–H groups in total. The van der Waals surface area contributed by atoms with E-state index in [2.05, 4.69) is 47.0 Å². The monoisotopic (exact) mass is 364 g/mol. The molecule has 0 amide bonds. The highest BCUT2D eigenvalue weighted by molar-refractivity contribution is 5.65. The summed E-state index contributed by atoms with van der Waals surface area (Å²) in [7, 11) is 0. The van der Waals surface area contributed by atoms with Gasteiger partial charge in [-0.3, -0.25) is 4.40 Å². The predicted octanol–water partition coefficient (Wildman–Crippen LogP) is 0.814.